The molecule has 16 heavy (non-hydrogen) atoms. The van der Waals surface area contributed by atoms with Crippen molar-refractivity contribution in [3.8, 4) is 0 Å². The van der Waals surface area contributed by atoms with Crippen molar-refractivity contribution in [2.45, 2.75) is 25.3 Å². The van der Waals surface area contributed by atoms with Crippen LogP contribution in [0, 0.1) is 0 Å². The van der Waals surface area contributed by atoms with Gasteiger partial charge in [-0.1, -0.05) is 18.2 Å². The molecule has 2 heteroatoms. The number of hydrogen-bond acceptors (Lipinski definition) is 1. The van der Waals surface area contributed by atoms with Crippen LogP contribution in [0.15, 0.2) is 24.3 Å². The third kappa shape index (κ3) is 1.37. The third-order valence-corrected chi connectivity index (χ3v) is 3.71. The molecule has 1 aliphatic carbocycles. The minimum atomic E-state index is 0.566. The van der Waals surface area contributed by atoms with E-state index in [1.807, 2.05) is 0 Å². The van der Waals surface area contributed by atoms with Gasteiger partial charge in [0.2, 0.25) is 0 Å². The summed E-state index contributed by atoms with van der Waals surface area (Å²) in [4.78, 5) is 5.93. The quantitative estimate of drug-likeness (QED) is 0.772. The average Bonchev–Trinajstić information content (AvgIpc) is 2.67. The Morgan fingerprint density at radius 1 is 1.25 bits per heavy atom. The summed E-state index contributed by atoms with van der Waals surface area (Å²) in [6, 6.07) is 9.23. The molecular weight excluding hydrogens is 196 g/mol. The highest BCUT2D eigenvalue weighted by Crippen LogP contribution is 2.36. The molecule has 1 aromatic carbocycles. The molecule has 2 aromatic rings. The molecule has 1 atom stereocenters. The van der Waals surface area contributed by atoms with Gasteiger partial charge in [0.1, 0.15) is 0 Å². The third-order valence-electron chi connectivity index (χ3n) is 3.71. The van der Waals surface area contributed by atoms with Gasteiger partial charge in [0, 0.05) is 22.6 Å². The van der Waals surface area contributed by atoms with Crippen LogP contribution in [0.3, 0.4) is 0 Å². The molecule has 1 aromatic heterocycles. The molecule has 0 aliphatic heterocycles. The first-order valence-corrected chi connectivity index (χ1v) is 6.03. The maximum absolute atomic E-state index is 3.61. The largest absolute Gasteiger partial charge is 0.357 e. The lowest BCUT2D eigenvalue weighted by Gasteiger charge is -2.28. The number of H-pyrrole nitrogens is 1. The first-order valence-electron chi connectivity index (χ1n) is 6.03. The van der Waals surface area contributed by atoms with E-state index in [4.69, 9.17) is 0 Å². The van der Waals surface area contributed by atoms with Crippen molar-refractivity contribution in [3.63, 3.8) is 0 Å². The molecule has 0 saturated carbocycles. The average molecular weight is 214 g/mol. The van der Waals surface area contributed by atoms with Crippen LogP contribution in [-0.2, 0) is 6.42 Å². The molecule has 0 spiro atoms. The fourth-order valence-electron chi connectivity index (χ4n) is 2.91. The second-order valence-corrected chi connectivity index (χ2v) is 4.93. The van der Waals surface area contributed by atoms with E-state index in [0.29, 0.717) is 6.04 Å². The zero-order chi connectivity index (χ0) is 11.1. The summed E-state index contributed by atoms with van der Waals surface area (Å²) >= 11 is 0. The zero-order valence-electron chi connectivity index (χ0n) is 9.96. The zero-order valence-corrected chi connectivity index (χ0v) is 9.96. The lowest BCUT2D eigenvalue weighted by molar-refractivity contribution is 0.264. The number of para-hydroxylation sites is 1. The standard InChI is InChI=1S/C14H18N2/c1-16(2)13-9-5-7-11-10-6-3-4-8-12(10)15-14(11)13/h3-4,6,8,13,15H,5,7,9H2,1-2H3. The van der Waals surface area contributed by atoms with Gasteiger partial charge in [-0.05, 0) is 45.0 Å². The second kappa shape index (κ2) is 3.63. The highest BCUT2D eigenvalue weighted by molar-refractivity contribution is 5.85. The Morgan fingerprint density at radius 2 is 2.06 bits per heavy atom. The van der Waals surface area contributed by atoms with Gasteiger partial charge in [-0.3, -0.25) is 0 Å². The van der Waals surface area contributed by atoms with Crippen molar-refractivity contribution < 1.29 is 0 Å². The van der Waals surface area contributed by atoms with Gasteiger partial charge in [0.15, 0.2) is 0 Å². The minimum absolute atomic E-state index is 0.566. The van der Waals surface area contributed by atoms with Gasteiger partial charge < -0.3 is 9.88 Å². The number of benzene rings is 1. The van der Waals surface area contributed by atoms with E-state index in [-0.39, 0.29) is 0 Å². The Morgan fingerprint density at radius 3 is 2.88 bits per heavy atom. The Bertz CT molecular complexity index is 510. The van der Waals surface area contributed by atoms with Gasteiger partial charge >= 0.3 is 0 Å². The van der Waals surface area contributed by atoms with Gasteiger partial charge in [0.25, 0.3) is 0 Å². The van der Waals surface area contributed by atoms with E-state index in [2.05, 4.69) is 48.2 Å². The van der Waals surface area contributed by atoms with Crippen molar-refractivity contribution in [3.05, 3.63) is 35.5 Å². The van der Waals surface area contributed by atoms with E-state index in [1.165, 1.54) is 35.9 Å². The summed E-state index contributed by atoms with van der Waals surface area (Å²) in [6.07, 6.45) is 3.80. The van der Waals surface area contributed by atoms with Crippen molar-refractivity contribution in [2.24, 2.45) is 0 Å². The Hall–Kier alpha value is -1.28. The second-order valence-electron chi connectivity index (χ2n) is 4.93. The number of aromatic amines is 1. The lowest BCUT2D eigenvalue weighted by atomic mass is 9.91. The SMILES string of the molecule is CN(C)C1CCCc2c1[nH]c1ccccc21. The van der Waals surface area contributed by atoms with E-state index >= 15 is 0 Å². The number of fused-ring (bicyclic) bond motifs is 3. The smallest absolute Gasteiger partial charge is 0.0496 e. The van der Waals surface area contributed by atoms with Crippen LogP contribution in [0.2, 0.25) is 0 Å². The van der Waals surface area contributed by atoms with Crippen LogP contribution in [0.4, 0.5) is 0 Å². The maximum Gasteiger partial charge on any atom is 0.0496 e. The highest BCUT2D eigenvalue weighted by Gasteiger charge is 2.25. The van der Waals surface area contributed by atoms with Crippen LogP contribution in [0.25, 0.3) is 10.9 Å². The van der Waals surface area contributed by atoms with Gasteiger partial charge in [-0.15, -0.1) is 0 Å². The summed E-state index contributed by atoms with van der Waals surface area (Å²) in [6.45, 7) is 0. The first kappa shape index (κ1) is 9.91. The van der Waals surface area contributed by atoms with Crippen LogP contribution >= 0.6 is 0 Å². The molecule has 0 bridgehead atoms. The van der Waals surface area contributed by atoms with E-state index in [0.717, 1.165) is 0 Å². The molecule has 0 radical (unpaired) electrons. The summed E-state index contributed by atoms with van der Waals surface area (Å²) < 4.78 is 0. The predicted octanol–water partition coefficient (Wildman–Crippen LogP) is 3.11. The van der Waals surface area contributed by atoms with Crippen molar-refractivity contribution in [1.29, 1.82) is 0 Å². The summed E-state index contributed by atoms with van der Waals surface area (Å²) in [5.41, 5.74) is 4.28. The predicted molar refractivity (Wildman–Crippen MR) is 67.7 cm³/mol. The number of nitrogens with one attached hydrogen (secondary N) is 1. The van der Waals surface area contributed by atoms with Gasteiger partial charge in [0.05, 0.1) is 0 Å². The fourth-order valence-corrected chi connectivity index (χ4v) is 2.91. The molecule has 0 saturated heterocycles. The molecule has 1 aliphatic rings. The Kier molecular flexibility index (Phi) is 2.25. The van der Waals surface area contributed by atoms with Gasteiger partial charge in [-0.2, -0.15) is 0 Å². The van der Waals surface area contributed by atoms with Crippen molar-refractivity contribution in [1.82, 2.24) is 9.88 Å². The molecule has 1 unspecified atom stereocenters. The molecule has 0 fully saturated rings. The van der Waals surface area contributed by atoms with E-state index in [1.54, 1.807) is 5.56 Å². The molecule has 1 heterocycles. The topological polar surface area (TPSA) is 19.0 Å². The number of aromatic nitrogens is 1. The summed E-state index contributed by atoms with van der Waals surface area (Å²) in [5.74, 6) is 0. The maximum atomic E-state index is 3.61. The Labute approximate surface area is 96.3 Å². The van der Waals surface area contributed by atoms with E-state index < -0.39 is 0 Å². The lowest BCUT2D eigenvalue weighted by Crippen LogP contribution is -2.24. The monoisotopic (exact) mass is 214 g/mol. The molecule has 0 amide bonds. The number of aryl methyl sites for hydroxylation is 1. The molecule has 1 N–H and O–H groups in total. The van der Waals surface area contributed by atoms with Crippen LogP contribution < -0.4 is 0 Å². The first-order chi connectivity index (χ1) is 7.77. The van der Waals surface area contributed by atoms with Crippen LogP contribution in [0.1, 0.15) is 30.1 Å². The summed E-state index contributed by atoms with van der Waals surface area (Å²) in [5, 5.41) is 1.42. The van der Waals surface area contributed by atoms with Crippen molar-refractivity contribution >= 4 is 10.9 Å². The van der Waals surface area contributed by atoms with Gasteiger partial charge in [-0.25, -0.2) is 0 Å². The molecule has 2 nitrogen and oxygen atoms in total. The number of rotatable bonds is 1. The minimum Gasteiger partial charge on any atom is -0.357 e. The van der Waals surface area contributed by atoms with E-state index in [9.17, 15) is 0 Å². The van der Waals surface area contributed by atoms with Crippen LogP contribution in [-0.4, -0.2) is 24.0 Å². The highest BCUT2D eigenvalue weighted by atomic mass is 15.1. The molecule has 3 rings (SSSR count). The fraction of sp³-hybridized carbons (Fsp3) is 0.429. The number of nitrogens with zero attached hydrogens (tertiary/aromatic N) is 1. The van der Waals surface area contributed by atoms with Crippen molar-refractivity contribution in [2.75, 3.05) is 14.1 Å². The van der Waals surface area contributed by atoms with Crippen LogP contribution in [0.5, 0.6) is 0 Å². The normalized spacial score (nSPS) is 20.3. The molecule has 84 valence electrons. The summed E-state index contributed by atoms with van der Waals surface area (Å²) in [7, 11) is 4.34. The Balaban J connectivity index is 2.21. The number of hydrogen-bond donors (Lipinski definition) is 1. The molecular formula is C14H18N2.